The number of anilines is 1. The molecule has 1 aromatic rings. The van der Waals surface area contributed by atoms with E-state index in [1.165, 1.54) is 0 Å². The molecule has 0 spiro atoms. The lowest BCUT2D eigenvalue weighted by Gasteiger charge is -2.22. The molecule has 0 N–H and O–H groups in total. The van der Waals surface area contributed by atoms with Crippen molar-refractivity contribution in [2.45, 2.75) is 65.3 Å². The van der Waals surface area contributed by atoms with Gasteiger partial charge in [-0.25, -0.2) is 18.0 Å². The van der Waals surface area contributed by atoms with Crippen molar-refractivity contribution < 1.29 is 40.8 Å². The topological polar surface area (TPSA) is 51.2 Å². The van der Waals surface area contributed by atoms with Gasteiger partial charge in [-0.05, 0) is 52.3 Å². The number of benzene rings is 1. The molecule has 2 radical (unpaired) electrons. The van der Waals surface area contributed by atoms with Crippen LogP contribution in [0.25, 0.3) is 0 Å². The van der Waals surface area contributed by atoms with E-state index in [2.05, 4.69) is 0 Å². The number of carbonyl (C=O) groups excluding carboxylic acids is 1. The highest BCUT2D eigenvalue weighted by molar-refractivity contribution is 6.27. The van der Waals surface area contributed by atoms with Crippen LogP contribution in [-0.4, -0.2) is 46.1 Å². The molecule has 0 heterocycles. The monoisotopic (exact) mass is 456 g/mol. The standard InChI is InChI=1S/C18H25F5N2O4Si/c1-11(2)27-18(28-12(3)4)29-30-10-6-5-9-24(22)17(26)25(23)14-8-7-13(19)15(20)16(14)21/h7-8,11-12,18H,5-6,9-10H2,1-4H3. The molecule has 12 heteroatoms. The Morgan fingerprint density at radius 2 is 1.60 bits per heavy atom. The fourth-order valence-corrected chi connectivity index (χ4v) is 2.83. The lowest BCUT2D eigenvalue weighted by Crippen LogP contribution is -2.35. The highest BCUT2D eigenvalue weighted by atomic mass is 28.2. The van der Waals surface area contributed by atoms with Crippen LogP contribution in [0.4, 0.5) is 32.6 Å². The Bertz CT molecular complexity index is 674. The van der Waals surface area contributed by atoms with Gasteiger partial charge in [-0.1, -0.05) is 15.4 Å². The minimum atomic E-state index is -1.96. The number of nitrogens with zero attached hydrogens (tertiary/aromatic N) is 2. The SMILES string of the molecule is CC(C)OC(O[Si]CCCCN(F)C(=O)N(F)c1ccc(F)c(F)c1F)OC(C)C. The molecule has 30 heavy (non-hydrogen) atoms. The zero-order valence-corrected chi connectivity index (χ0v) is 18.1. The van der Waals surface area contributed by atoms with E-state index in [4.69, 9.17) is 13.9 Å². The number of hydrogen-bond acceptors (Lipinski definition) is 4. The number of halogens is 5. The fraction of sp³-hybridized carbons (Fsp3) is 0.611. The normalized spacial score (nSPS) is 11.6. The molecule has 2 amide bonds. The van der Waals surface area contributed by atoms with E-state index >= 15 is 0 Å². The van der Waals surface area contributed by atoms with Crippen molar-refractivity contribution in [1.82, 2.24) is 5.12 Å². The molecule has 0 atom stereocenters. The Balaban J connectivity index is 2.39. The van der Waals surface area contributed by atoms with Crippen molar-refractivity contribution in [1.29, 1.82) is 0 Å². The summed E-state index contributed by atoms with van der Waals surface area (Å²) < 4.78 is 83.6. The van der Waals surface area contributed by atoms with Gasteiger partial charge in [-0.3, -0.25) is 0 Å². The number of amides is 2. The molecule has 0 aliphatic heterocycles. The molecule has 6 nitrogen and oxygen atoms in total. The van der Waals surface area contributed by atoms with E-state index in [1.807, 2.05) is 27.7 Å². The van der Waals surface area contributed by atoms with E-state index in [0.29, 0.717) is 24.6 Å². The summed E-state index contributed by atoms with van der Waals surface area (Å²) in [5, 5.41) is -1.39. The van der Waals surface area contributed by atoms with Gasteiger partial charge in [0.05, 0.1) is 18.8 Å². The predicted octanol–water partition coefficient (Wildman–Crippen LogP) is 5.07. The number of unbranched alkanes of at least 4 members (excludes halogenated alkanes) is 1. The summed E-state index contributed by atoms with van der Waals surface area (Å²) in [5.41, 5.74) is -1.22. The van der Waals surface area contributed by atoms with Crippen LogP contribution in [0.2, 0.25) is 6.04 Å². The number of urea groups is 1. The largest absolute Gasteiger partial charge is 0.381 e. The Kier molecular flexibility index (Phi) is 11.2. The smallest absolute Gasteiger partial charge is 0.372 e. The van der Waals surface area contributed by atoms with Gasteiger partial charge in [-0.15, -0.1) is 5.12 Å². The molecule has 0 fully saturated rings. The summed E-state index contributed by atoms with van der Waals surface area (Å²) in [5.74, 6) is -5.45. The van der Waals surface area contributed by atoms with Gasteiger partial charge in [0.1, 0.15) is 5.69 Å². The molecule has 0 saturated carbocycles. The van der Waals surface area contributed by atoms with Crippen LogP contribution in [0.5, 0.6) is 0 Å². The van der Waals surface area contributed by atoms with Crippen molar-refractivity contribution in [3.63, 3.8) is 0 Å². The summed E-state index contributed by atoms with van der Waals surface area (Å²) in [6, 6.07) is -0.420. The van der Waals surface area contributed by atoms with Gasteiger partial charge >= 0.3 is 6.03 Å². The Morgan fingerprint density at radius 1 is 1.00 bits per heavy atom. The van der Waals surface area contributed by atoms with Crippen molar-refractivity contribution in [2.75, 3.05) is 11.7 Å². The maximum atomic E-state index is 13.9. The quantitative estimate of drug-likeness (QED) is 0.110. The lowest BCUT2D eigenvalue weighted by atomic mass is 10.3. The third-order valence-electron chi connectivity index (χ3n) is 3.43. The van der Waals surface area contributed by atoms with Crippen LogP contribution in [0, 0.1) is 17.5 Å². The summed E-state index contributed by atoms with van der Waals surface area (Å²) in [7, 11) is -0.00924. The average molecular weight is 456 g/mol. The Labute approximate surface area is 174 Å². The van der Waals surface area contributed by atoms with Gasteiger partial charge in [0, 0.05) is 0 Å². The summed E-state index contributed by atoms with van der Waals surface area (Å²) in [6.07, 6.45) is 0.391. The van der Waals surface area contributed by atoms with E-state index < -0.39 is 52.4 Å². The van der Waals surface area contributed by atoms with Crippen LogP contribution in [0.15, 0.2) is 12.1 Å². The summed E-state index contributed by atoms with van der Waals surface area (Å²) in [6.45, 7) is 6.01. The van der Waals surface area contributed by atoms with E-state index in [9.17, 15) is 26.9 Å². The third-order valence-corrected chi connectivity index (χ3v) is 4.35. The number of rotatable bonds is 12. The molecule has 0 aliphatic carbocycles. The minimum absolute atomic E-state index is 0.00924. The van der Waals surface area contributed by atoms with E-state index in [0.717, 1.165) is 0 Å². The van der Waals surface area contributed by atoms with Gasteiger partial charge in [0.25, 0.3) is 6.48 Å². The number of hydrogen-bond donors (Lipinski definition) is 0. The van der Waals surface area contributed by atoms with Gasteiger partial charge in [-0.2, -0.15) is 5.12 Å². The first-order valence-electron chi connectivity index (χ1n) is 9.30. The third kappa shape index (κ3) is 8.54. The minimum Gasteiger partial charge on any atom is -0.372 e. The van der Waals surface area contributed by atoms with Gasteiger partial charge in [0.2, 0.25) is 9.76 Å². The second kappa shape index (κ2) is 12.8. The van der Waals surface area contributed by atoms with Crippen molar-refractivity contribution >= 4 is 21.5 Å². The van der Waals surface area contributed by atoms with Crippen LogP contribution < -0.4 is 5.12 Å². The van der Waals surface area contributed by atoms with Gasteiger partial charge < -0.3 is 13.9 Å². The van der Waals surface area contributed by atoms with Crippen LogP contribution in [0.3, 0.4) is 0 Å². The molecule has 170 valence electrons. The Hall–Kier alpha value is -1.76. The molecule has 0 aromatic heterocycles. The number of ether oxygens (including phenoxy) is 2. The highest BCUT2D eigenvalue weighted by Crippen LogP contribution is 2.25. The number of carbonyl (C=O) groups is 1. The maximum absolute atomic E-state index is 13.9. The first-order valence-corrected chi connectivity index (χ1v) is 10.4. The second-order valence-electron chi connectivity index (χ2n) is 6.72. The van der Waals surface area contributed by atoms with Crippen LogP contribution in [-0.2, 0) is 13.9 Å². The molecule has 0 unspecified atom stereocenters. The molecular formula is C18H25F5N2O4Si. The highest BCUT2D eigenvalue weighted by Gasteiger charge is 2.27. The maximum Gasteiger partial charge on any atom is 0.381 e. The Morgan fingerprint density at radius 3 is 2.17 bits per heavy atom. The average Bonchev–Trinajstić information content (AvgIpc) is 2.66. The second-order valence-corrected chi connectivity index (χ2v) is 7.75. The van der Waals surface area contributed by atoms with Crippen molar-refractivity contribution in [3.05, 3.63) is 29.6 Å². The zero-order chi connectivity index (χ0) is 22.8. The summed E-state index contributed by atoms with van der Waals surface area (Å²) in [4.78, 5) is 11.7. The predicted molar refractivity (Wildman–Crippen MR) is 100 cm³/mol. The molecule has 0 aliphatic rings. The van der Waals surface area contributed by atoms with E-state index in [-0.39, 0.29) is 28.4 Å². The van der Waals surface area contributed by atoms with E-state index in [1.54, 1.807) is 0 Å². The molecule has 1 aromatic carbocycles. The summed E-state index contributed by atoms with van der Waals surface area (Å²) >= 11 is 0. The van der Waals surface area contributed by atoms with Crippen LogP contribution in [0.1, 0.15) is 40.5 Å². The molecule has 0 bridgehead atoms. The lowest BCUT2D eigenvalue weighted by molar-refractivity contribution is -0.275. The molecular weight excluding hydrogens is 431 g/mol. The van der Waals surface area contributed by atoms with Crippen molar-refractivity contribution in [2.24, 2.45) is 0 Å². The zero-order valence-electron chi connectivity index (χ0n) is 17.1. The van der Waals surface area contributed by atoms with Gasteiger partial charge in [0.15, 0.2) is 17.5 Å². The first kappa shape index (κ1) is 26.3. The molecule has 0 saturated heterocycles. The fourth-order valence-electron chi connectivity index (χ4n) is 2.07. The first-order chi connectivity index (χ1) is 14.0. The molecule has 1 rings (SSSR count). The van der Waals surface area contributed by atoms with Crippen molar-refractivity contribution in [3.8, 4) is 0 Å². The van der Waals surface area contributed by atoms with Crippen LogP contribution >= 0.6 is 0 Å².